The molecule has 0 saturated heterocycles. The maximum absolute atomic E-state index is 6.41. The van der Waals surface area contributed by atoms with Crippen LogP contribution in [0.25, 0.3) is 75.8 Å². The van der Waals surface area contributed by atoms with E-state index in [0.717, 1.165) is 50.0 Å². The van der Waals surface area contributed by atoms with Gasteiger partial charge < -0.3 is 4.42 Å². The monoisotopic (exact) mass is 503 g/mol. The van der Waals surface area contributed by atoms with Crippen LogP contribution in [0, 0.1) is 0 Å². The highest BCUT2D eigenvalue weighted by molar-refractivity contribution is 7.25. The maximum atomic E-state index is 6.41. The third-order valence-electron chi connectivity index (χ3n) is 7.28. The Labute approximate surface area is 223 Å². The van der Waals surface area contributed by atoms with Crippen molar-refractivity contribution in [3.63, 3.8) is 0 Å². The molecular weight excluding hydrogens is 482 g/mol. The van der Waals surface area contributed by atoms with Crippen LogP contribution >= 0.6 is 11.3 Å². The minimum absolute atomic E-state index is 0.876. The van der Waals surface area contributed by atoms with Gasteiger partial charge in [0, 0.05) is 42.1 Å². The first-order valence-corrected chi connectivity index (χ1v) is 13.5. The van der Waals surface area contributed by atoms with Gasteiger partial charge in [0.05, 0.1) is 11.4 Å². The fourth-order valence-electron chi connectivity index (χ4n) is 5.49. The van der Waals surface area contributed by atoms with Crippen molar-refractivity contribution >= 4 is 53.4 Å². The molecule has 5 aromatic carbocycles. The minimum Gasteiger partial charge on any atom is -0.456 e. The Bertz CT molecular complexity index is 2140. The van der Waals surface area contributed by atoms with Crippen LogP contribution < -0.4 is 0 Å². The highest BCUT2D eigenvalue weighted by Crippen LogP contribution is 2.42. The van der Waals surface area contributed by atoms with Crippen molar-refractivity contribution in [3.05, 3.63) is 127 Å². The summed E-state index contributed by atoms with van der Waals surface area (Å²) in [5.41, 5.74) is 8.14. The molecule has 0 aliphatic rings. The summed E-state index contributed by atoms with van der Waals surface area (Å²) < 4.78 is 9.03. The number of para-hydroxylation sites is 1. The van der Waals surface area contributed by atoms with Crippen molar-refractivity contribution in [2.45, 2.75) is 0 Å². The average molecular weight is 504 g/mol. The number of aromatic nitrogens is 1. The molecule has 0 saturated carbocycles. The van der Waals surface area contributed by atoms with E-state index in [2.05, 4.69) is 97.1 Å². The zero-order valence-corrected chi connectivity index (χ0v) is 21.2. The molecular formula is C35H21NOS. The Morgan fingerprint density at radius 2 is 1.21 bits per heavy atom. The van der Waals surface area contributed by atoms with Crippen LogP contribution in [0.3, 0.4) is 0 Å². The topological polar surface area (TPSA) is 26.0 Å². The summed E-state index contributed by atoms with van der Waals surface area (Å²) in [5.74, 6) is 0. The molecule has 8 aromatic rings. The Kier molecular flexibility index (Phi) is 4.73. The van der Waals surface area contributed by atoms with Gasteiger partial charge in [-0.3, -0.25) is 0 Å². The van der Waals surface area contributed by atoms with Gasteiger partial charge in [0.25, 0.3) is 0 Å². The van der Waals surface area contributed by atoms with Gasteiger partial charge in [-0.1, -0.05) is 78.9 Å². The highest BCUT2D eigenvalue weighted by atomic mass is 32.1. The van der Waals surface area contributed by atoms with Crippen LogP contribution in [0.5, 0.6) is 0 Å². The summed E-state index contributed by atoms with van der Waals surface area (Å²) in [6.07, 6.45) is 0. The SMILES string of the molecule is c1ccc(-c2cccc(-c3cc(-c4ccc5sc6ccccc6c5c4)c4c(c3)oc3ccccc34)n2)cc1. The Morgan fingerprint density at radius 3 is 2.11 bits per heavy atom. The predicted molar refractivity (Wildman–Crippen MR) is 161 cm³/mol. The van der Waals surface area contributed by atoms with E-state index in [0.29, 0.717) is 0 Å². The van der Waals surface area contributed by atoms with Crippen LogP contribution in [0.4, 0.5) is 0 Å². The molecule has 0 N–H and O–H groups in total. The lowest BCUT2D eigenvalue weighted by Crippen LogP contribution is -1.89. The fraction of sp³-hybridized carbons (Fsp3) is 0. The van der Waals surface area contributed by atoms with E-state index in [9.17, 15) is 0 Å². The molecule has 0 amide bonds. The standard InChI is InChI=1S/C35H21NOS/c1-2-9-22(10-3-1)29-13-8-14-30(36-29)24-20-27(35-26-12-4-6-15-31(26)37-32(35)21-24)23-17-18-34-28(19-23)25-11-5-7-16-33(25)38-34/h1-21H. The molecule has 2 nitrogen and oxygen atoms in total. The number of thiophene rings is 1. The number of hydrogen-bond acceptors (Lipinski definition) is 3. The van der Waals surface area contributed by atoms with Gasteiger partial charge in [-0.2, -0.15) is 0 Å². The van der Waals surface area contributed by atoms with Gasteiger partial charge >= 0.3 is 0 Å². The van der Waals surface area contributed by atoms with Crippen LogP contribution in [-0.2, 0) is 0 Å². The van der Waals surface area contributed by atoms with Gasteiger partial charge in [0.1, 0.15) is 11.2 Å². The van der Waals surface area contributed by atoms with Crippen molar-refractivity contribution in [2.24, 2.45) is 0 Å². The molecule has 38 heavy (non-hydrogen) atoms. The van der Waals surface area contributed by atoms with E-state index in [-0.39, 0.29) is 0 Å². The predicted octanol–water partition coefficient (Wildman–Crippen LogP) is 10.3. The summed E-state index contributed by atoms with van der Waals surface area (Å²) >= 11 is 1.84. The summed E-state index contributed by atoms with van der Waals surface area (Å²) in [7, 11) is 0. The van der Waals surface area contributed by atoms with Crippen molar-refractivity contribution in [3.8, 4) is 33.6 Å². The van der Waals surface area contributed by atoms with E-state index in [1.807, 2.05) is 41.7 Å². The summed E-state index contributed by atoms with van der Waals surface area (Å²) in [5, 5.41) is 4.86. The van der Waals surface area contributed by atoms with Crippen LogP contribution in [-0.4, -0.2) is 4.98 Å². The number of fused-ring (bicyclic) bond motifs is 6. The lowest BCUT2D eigenvalue weighted by molar-refractivity contribution is 0.669. The number of benzene rings is 5. The van der Waals surface area contributed by atoms with Gasteiger partial charge in [-0.25, -0.2) is 4.98 Å². The smallest absolute Gasteiger partial charge is 0.136 e. The first-order chi connectivity index (χ1) is 18.8. The zero-order valence-electron chi connectivity index (χ0n) is 20.4. The molecule has 0 bridgehead atoms. The molecule has 0 aliphatic heterocycles. The second kappa shape index (κ2) is 8.41. The van der Waals surface area contributed by atoms with E-state index < -0.39 is 0 Å². The van der Waals surface area contributed by atoms with Crippen molar-refractivity contribution in [2.75, 3.05) is 0 Å². The van der Waals surface area contributed by atoms with Crippen LogP contribution in [0.15, 0.2) is 132 Å². The lowest BCUT2D eigenvalue weighted by atomic mass is 9.95. The number of pyridine rings is 1. The second-order valence-corrected chi connectivity index (χ2v) is 10.7. The van der Waals surface area contributed by atoms with Crippen LogP contribution in [0.2, 0.25) is 0 Å². The number of furan rings is 1. The Balaban J connectivity index is 1.40. The summed E-state index contributed by atoms with van der Waals surface area (Å²) in [6, 6.07) is 44.7. The third kappa shape index (κ3) is 3.37. The Hall–Kier alpha value is -4.73. The van der Waals surface area contributed by atoms with E-state index in [1.54, 1.807) is 0 Å². The number of rotatable bonds is 3. The molecule has 0 spiro atoms. The van der Waals surface area contributed by atoms with Gasteiger partial charge in [-0.05, 0) is 59.7 Å². The molecule has 0 unspecified atom stereocenters. The zero-order chi connectivity index (χ0) is 25.1. The summed E-state index contributed by atoms with van der Waals surface area (Å²) in [4.78, 5) is 5.05. The first kappa shape index (κ1) is 21.4. The summed E-state index contributed by atoms with van der Waals surface area (Å²) in [6.45, 7) is 0. The largest absolute Gasteiger partial charge is 0.456 e. The molecule has 8 rings (SSSR count). The van der Waals surface area contributed by atoms with Crippen molar-refractivity contribution < 1.29 is 4.42 Å². The van der Waals surface area contributed by atoms with Crippen molar-refractivity contribution in [1.82, 2.24) is 4.98 Å². The van der Waals surface area contributed by atoms with Gasteiger partial charge in [0.2, 0.25) is 0 Å². The molecule has 0 radical (unpaired) electrons. The fourth-order valence-corrected chi connectivity index (χ4v) is 6.58. The maximum Gasteiger partial charge on any atom is 0.136 e. The number of hydrogen-bond donors (Lipinski definition) is 0. The molecule has 3 aromatic heterocycles. The Morgan fingerprint density at radius 1 is 0.474 bits per heavy atom. The minimum atomic E-state index is 0.876. The van der Waals surface area contributed by atoms with Crippen LogP contribution in [0.1, 0.15) is 0 Å². The molecule has 3 heterocycles. The molecule has 0 aliphatic carbocycles. The van der Waals surface area contributed by atoms with E-state index in [4.69, 9.17) is 9.40 Å². The first-order valence-electron chi connectivity index (χ1n) is 12.7. The molecule has 3 heteroatoms. The third-order valence-corrected chi connectivity index (χ3v) is 8.43. The quantitative estimate of drug-likeness (QED) is 0.240. The highest BCUT2D eigenvalue weighted by Gasteiger charge is 2.17. The van der Waals surface area contributed by atoms with Gasteiger partial charge in [-0.15, -0.1) is 11.3 Å². The van der Waals surface area contributed by atoms with Gasteiger partial charge in [0.15, 0.2) is 0 Å². The van der Waals surface area contributed by atoms with E-state index in [1.165, 1.54) is 25.7 Å². The number of nitrogens with zero attached hydrogens (tertiary/aromatic N) is 1. The molecule has 178 valence electrons. The van der Waals surface area contributed by atoms with E-state index >= 15 is 0 Å². The average Bonchev–Trinajstić information content (AvgIpc) is 3.55. The lowest BCUT2D eigenvalue weighted by Gasteiger charge is -2.10. The van der Waals surface area contributed by atoms with Crippen molar-refractivity contribution in [1.29, 1.82) is 0 Å². The molecule has 0 fully saturated rings. The normalized spacial score (nSPS) is 11.7. The second-order valence-electron chi connectivity index (χ2n) is 9.58. The molecule has 0 atom stereocenters.